The maximum Gasteiger partial charge on any atom is 0.251 e. The molecule has 0 bridgehead atoms. The quantitative estimate of drug-likeness (QED) is 0.775. The Balaban J connectivity index is 1.89. The lowest BCUT2D eigenvalue weighted by atomic mass is 10.4. The van der Waals surface area contributed by atoms with E-state index >= 15 is 0 Å². The van der Waals surface area contributed by atoms with Crippen LogP contribution in [0.5, 0.6) is 0 Å². The van der Waals surface area contributed by atoms with Gasteiger partial charge >= 0.3 is 0 Å². The third-order valence-corrected chi connectivity index (χ3v) is 3.33. The van der Waals surface area contributed by atoms with Crippen molar-refractivity contribution in [1.29, 1.82) is 0 Å². The van der Waals surface area contributed by atoms with Gasteiger partial charge in [-0.3, -0.25) is 4.79 Å². The summed E-state index contributed by atoms with van der Waals surface area (Å²) in [7, 11) is 0. The minimum Gasteiger partial charge on any atom is -0.313 e. The SMILES string of the molecule is O=c1cc(-c2cnc(C#CC3CC3)s2)nc[nH]1. The lowest BCUT2D eigenvalue weighted by molar-refractivity contribution is 1.12. The van der Waals surface area contributed by atoms with Crippen LogP contribution in [0.2, 0.25) is 0 Å². The molecule has 1 fully saturated rings. The van der Waals surface area contributed by atoms with E-state index in [1.807, 2.05) is 0 Å². The van der Waals surface area contributed by atoms with E-state index in [9.17, 15) is 4.79 Å². The van der Waals surface area contributed by atoms with Gasteiger partial charge in [-0.2, -0.15) is 0 Å². The monoisotopic (exact) mass is 243 g/mol. The first-order valence-corrected chi connectivity index (χ1v) is 6.15. The highest BCUT2D eigenvalue weighted by atomic mass is 32.1. The molecule has 0 aromatic carbocycles. The Morgan fingerprint density at radius 3 is 3.06 bits per heavy atom. The maximum absolute atomic E-state index is 11.2. The van der Waals surface area contributed by atoms with Gasteiger partial charge < -0.3 is 4.98 Å². The third-order valence-electron chi connectivity index (χ3n) is 2.40. The van der Waals surface area contributed by atoms with Crippen LogP contribution in [0.15, 0.2) is 23.4 Å². The van der Waals surface area contributed by atoms with Crippen molar-refractivity contribution in [2.24, 2.45) is 5.92 Å². The summed E-state index contributed by atoms with van der Waals surface area (Å²) in [5.74, 6) is 6.78. The average Bonchev–Trinajstić information content (AvgIpc) is 3.04. The maximum atomic E-state index is 11.2. The molecule has 2 aromatic rings. The molecule has 5 heteroatoms. The van der Waals surface area contributed by atoms with Crippen LogP contribution in [0.25, 0.3) is 10.6 Å². The lowest BCUT2D eigenvalue weighted by Crippen LogP contribution is -2.03. The molecular weight excluding hydrogens is 234 g/mol. The fraction of sp³-hybridized carbons (Fsp3) is 0.250. The summed E-state index contributed by atoms with van der Waals surface area (Å²) in [4.78, 5) is 22.8. The van der Waals surface area contributed by atoms with Gasteiger partial charge in [0, 0.05) is 18.2 Å². The first-order valence-electron chi connectivity index (χ1n) is 5.34. The molecule has 2 aromatic heterocycles. The van der Waals surface area contributed by atoms with Gasteiger partial charge in [0.05, 0.1) is 16.9 Å². The largest absolute Gasteiger partial charge is 0.313 e. The Morgan fingerprint density at radius 2 is 2.29 bits per heavy atom. The molecule has 1 saturated carbocycles. The number of H-pyrrole nitrogens is 1. The van der Waals surface area contributed by atoms with E-state index in [1.165, 1.54) is 36.6 Å². The summed E-state index contributed by atoms with van der Waals surface area (Å²) in [6.45, 7) is 0. The Morgan fingerprint density at radius 1 is 1.41 bits per heavy atom. The van der Waals surface area contributed by atoms with Gasteiger partial charge in [0.25, 0.3) is 5.56 Å². The number of nitrogens with zero attached hydrogens (tertiary/aromatic N) is 2. The first-order chi connectivity index (χ1) is 8.31. The molecule has 3 rings (SSSR count). The minimum atomic E-state index is -0.158. The van der Waals surface area contributed by atoms with Gasteiger partial charge in [0.2, 0.25) is 0 Å². The molecule has 84 valence electrons. The molecule has 1 aliphatic rings. The van der Waals surface area contributed by atoms with Gasteiger partial charge in [-0.15, -0.1) is 11.3 Å². The molecule has 4 nitrogen and oxygen atoms in total. The van der Waals surface area contributed by atoms with Crippen molar-refractivity contribution in [3.63, 3.8) is 0 Å². The van der Waals surface area contributed by atoms with Crippen LogP contribution >= 0.6 is 11.3 Å². The predicted molar refractivity (Wildman–Crippen MR) is 65.6 cm³/mol. The van der Waals surface area contributed by atoms with Crippen molar-refractivity contribution in [1.82, 2.24) is 15.0 Å². The summed E-state index contributed by atoms with van der Waals surface area (Å²) in [6.07, 6.45) is 5.53. The molecular formula is C12H9N3OS. The summed E-state index contributed by atoms with van der Waals surface area (Å²) >= 11 is 1.46. The van der Waals surface area contributed by atoms with Gasteiger partial charge in [-0.05, 0) is 18.8 Å². The van der Waals surface area contributed by atoms with E-state index in [0.717, 1.165) is 9.88 Å². The standard InChI is InChI=1S/C12H9N3OS/c16-11-5-9(14-7-15-11)10-6-13-12(17-10)4-3-8-1-2-8/h5-8H,1-2H2,(H,14,15,16). The van der Waals surface area contributed by atoms with Gasteiger partial charge in [-0.1, -0.05) is 5.92 Å². The van der Waals surface area contributed by atoms with Crippen LogP contribution in [0.1, 0.15) is 17.8 Å². The van der Waals surface area contributed by atoms with Crippen molar-refractivity contribution < 1.29 is 0 Å². The van der Waals surface area contributed by atoms with Crippen molar-refractivity contribution >= 4 is 11.3 Å². The Hall–Kier alpha value is -1.93. The van der Waals surface area contributed by atoms with E-state index in [2.05, 4.69) is 26.8 Å². The molecule has 1 aliphatic carbocycles. The van der Waals surface area contributed by atoms with Crippen LogP contribution in [0, 0.1) is 17.8 Å². The van der Waals surface area contributed by atoms with Gasteiger partial charge in [0.1, 0.15) is 0 Å². The number of aromatic nitrogens is 3. The van der Waals surface area contributed by atoms with Crippen molar-refractivity contribution in [3.05, 3.63) is 34.0 Å². The molecule has 2 heterocycles. The normalized spacial score (nSPS) is 14.1. The van der Waals surface area contributed by atoms with E-state index in [1.54, 1.807) is 6.20 Å². The number of hydrogen-bond donors (Lipinski definition) is 1. The second kappa shape index (κ2) is 4.15. The molecule has 1 N–H and O–H groups in total. The highest BCUT2D eigenvalue weighted by Gasteiger charge is 2.17. The van der Waals surface area contributed by atoms with E-state index in [0.29, 0.717) is 11.6 Å². The molecule has 0 radical (unpaired) electrons. The first kappa shape index (κ1) is 10.2. The predicted octanol–water partition coefficient (Wildman–Crippen LogP) is 1.65. The molecule has 0 amide bonds. The number of nitrogens with one attached hydrogen (secondary N) is 1. The highest BCUT2D eigenvalue weighted by Crippen LogP contribution is 2.28. The fourth-order valence-corrected chi connectivity index (χ4v) is 2.09. The third kappa shape index (κ3) is 2.43. The van der Waals surface area contributed by atoms with E-state index < -0.39 is 0 Å². The summed E-state index contributed by atoms with van der Waals surface area (Å²) in [5.41, 5.74) is 0.486. The van der Waals surface area contributed by atoms with Crippen molar-refractivity contribution in [3.8, 4) is 22.4 Å². The van der Waals surface area contributed by atoms with Gasteiger partial charge in [0.15, 0.2) is 5.01 Å². The van der Waals surface area contributed by atoms with Crippen LogP contribution in [0.4, 0.5) is 0 Å². The Kier molecular flexibility index (Phi) is 2.50. The van der Waals surface area contributed by atoms with Crippen LogP contribution in [-0.2, 0) is 0 Å². The summed E-state index contributed by atoms with van der Waals surface area (Å²) in [5, 5.41) is 0.786. The molecule has 0 spiro atoms. The Labute approximate surface area is 102 Å². The molecule has 17 heavy (non-hydrogen) atoms. The van der Waals surface area contributed by atoms with Crippen LogP contribution in [0.3, 0.4) is 0 Å². The lowest BCUT2D eigenvalue weighted by Gasteiger charge is -1.91. The highest BCUT2D eigenvalue weighted by molar-refractivity contribution is 7.15. The summed E-state index contributed by atoms with van der Waals surface area (Å²) in [6, 6.07) is 1.46. The average molecular weight is 243 g/mol. The second-order valence-corrected chi connectivity index (χ2v) is 4.90. The zero-order chi connectivity index (χ0) is 11.7. The Bertz CT molecular complexity index is 658. The zero-order valence-electron chi connectivity index (χ0n) is 8.93. The van der Waals surface area contributed by atoms with Crippen molar-refractivity contribution in [2.45, 2.75) is 12.8 Å². The smallest absolute Gasteiger partial charge is 0.251 e. The van der Waals surface area contributed by atoms with Crippen LogP contribution in [-0.4, -0.2) is 15.0 Å². The number of aromatic amines is 1. The number of hydrogen-bond acceptors (Lipinski definition) is 4. The van der Waals surface area contributed by atoms with Crippen LogP contribution < -0.4 is 5.56 Å². The summed E-state index contributed by atoms with van der Waals surface area (Å²) < 4.78 is 0. The van der Waals surface area contributed by atoms with E-state index in [-0.39, 0.29) is 5.56 Å². The van der Waals surface area contributed by atoms with Crippen molar-refractivity contribution in [2.75, 3.05) is 0 Å². The molecule has 0 atom stereocenters. The topological polar surface area (TPSA) is 58.6 Å². The number of thiazole rings is 1. The molecule has 0 aliphatic heterocycles. The van der Waals surface area contributed by atoms with Gasteiger partial charge in [-0.25, -0.2) is 9.97 Å². The number of rotatable bonds is 1. The zero-order valence-corrected chi connectivity index (χ0v) is 9.75. The van der Waals surface area contributed by atoms with E-state index in [4.69, 9.17) is 0 Å². The fourth-order valence-electron chi connectivity index (χ4n) is 1.35. The molecule has 0 saturated heterocycles. The second-order valence-electron chi connectivity index (χ2n) is 3.87. The minimum absolute atomic E-state index is 0.158. The molecule has 0 unspecified atom stereocenters.